The van der Waals surface area contributed by atoms with Crippen molar-refractivity contribution in [3.63, 3.8) is 0 Å². The van der Waals surface area contributed by atoms with E-state index in [1.807, 2.05) is 65.0 Å². The van der Waals surface area contributed by atoms with Crippen molar-refractivity contribution >= 4 is 18.0 Å². The Morgan fingerprint density at radius 3 is 2.41 bits per heavy atom. The van der Waals surface area contributed by atoms with Crippen LogP contribution in [0, 0.1) is 17.3 Å². The van der Waals surface area contributed by atoms with E-state index in [1.165, 1.54) is 4.90 Å². The fourth-order valence-corrected chi connectivity index (χ4v) is 4.87. The SMILES string of the molecule is CC(OC(C)(C)C)C(NC(=O)OCc1ccccc1)C(=O)N1C[C@H]2[C@@H]([C@H]1C(=O)O)C2(C)C. The lowest BCUT2D eigenvalue weighted by atomic mass is 9.99. The predicted molar refractivity (Wildman–Crippen MR) is 118 cm³/mol. The molecule has 0 aromatic heterocycles. The van der Waals surface area contributed by atoms with Crippen molar-refractivity contribution in [1.29, 1.82) is 0 Å². The monoisotopic (exact) mass is 446 g/mol. The molecule has 8 nitrogen and oxygen atoms in total. The molecular weight excluding hydrogens is 412 g/mol. The van der Waals surface area contributed by atoms with Crippen LogP contribution < -0.4 is 5.32 Å². The van der Waals surface area contributed by atoms with Gasteiger partial charge in [-0.15, -0.1) is 0 Å². The molecule has 2 aliphatic rings. The van der Waals surface area contributed by atoms with E-state index in [0.717, 1.165) is 5.56 Å². The summed E-state index contributed by atoms with van der Waals surface area (Å²) in [6.45, 7) is 11.7. The summed E-state index contributed by atoms with van der Waals surface area (Å²) in [7, 11) is 0. The molecule has 176 valence electrons. The van der Waals surface area contributed by atoms with E-state index >= 15 is 0 Å². The number of carbonyl (C=O) groups is 3. The van der Waals surface area contributed by atoms with Crippen molar-refractivity contribution in [1.82, 2.24) is 10.2 Å². The summed E-state index contributed by atoms with van der Waals surface area (Å²) in [5, 5.41) is 12.4. The van der Waals surface area contributed by atoms with E-state index in [2.05, 4.69) is 5.32 Å². The Balaban J connectivity index is 1.74. The van der Waals surface area contributed by atoms with E-state index in [9.17, 15) is 19.5 Å². The molecule has 2 amide bonds. The third kappa shape index (κ3) is 5.06. The minimum atomic E-state index is -1.07. The maximum Gasteiger partial charge on any atom is 0.408 e. The van der Waals surface area contributed by atoms with Crippen LogP contribution in [0.15, 0.2) is 30.3 Å². The van der Waals surface area contributed by atoms with Gasteiger partial charge < -0.3 is 24.8 Å². The number of hydrogen-bond acceptors (Lipinski definition) is 5. The summed E-state index contributed by atoms with van der Waals surface area (Å²) in [6.07, 6.45) is -1.45. The second-order valence-corrected chi connectivity index (χ2v) is 10.3. The number of carboxylic acid groups (broad SMARTS) is 1. The van der Waals surface area contributed by atoms with Gasteiger partial charge in [0.05, 0.1) is 11.7 Å². The van der Waals surface area contributed by atoms with Crippen LogP contribution in [-0.2, 0) is 25.7 Å². The van der Waals surface area contributed by atoms with Gasteiger partial charge in [-0.3, -0.25) is 4.79 Å². The normalized spacial score (nSPS) is 25.4. The minimum absolute atomic E-state index is 0.0574. The zero-order valence-electron chi connectivity index (χ0n) is 19.6. The van der Waals surface area contributed by atoms with Crippen LogP contribution in [0.3, 0.4) is 0 Å². The molecular formula is C24H34N2O6. The minimum Gasteiger partial charge on any atom is -0.480 e. The summed E-state index contributed by atoms with van der Waals surface area (Å²) in [5.74, 6) is -1.44. The Bertz CT molecular complexity index is 863. The molecule has 5 atom stereocenters. The van der Waals surface area contributed by atoms with Crippen LogP contribution in [-0.4, -0.2) is 58.3 Å². The van der Waals surface area contributed by atoms with E-state index in [4.69, 9.17) is 9.47 Å². The number of nitrogens with one attached hydrogen (secondary N) is 1. The number of hydrogen-bond donors (Lipinski definition) is 2. The predicted octanol–water partition coefficient (Wildman–Crippen LogP) is 3.05. The molecule has 1 saturated carbocycles. The molecule has 8 heteroatoms. The second kappa shape index (κ2) is 8.73. The number of benzene rings is 1. The van der Waals surface area contributed by atoms with Gasteiger partial charge in [-0.1, -0.05) is 44.2 Å². The van der Waals surface area contributed by atoms with Crippen molar-refractivity contribution in [2.75, 3.05) is 6.54 Å². The fourth-order valence-electron chi connectivity index (χ4n) is 4.87. The van der Waals surface area contributed by atoms with Crippen molar-refractivity contribution in [3.8, 4) is 0 Å². The van der Waals surface area contributed by atoms with Gasteiger partial charge in [0, 0.05) is 12.5 Å². The van der Waals surface area contributed by atoms with Gasteiger partial charge in [0.15, 0.2) is 0 Å². The molecule has 0 bridgehead atoms. The molecule has 1 saturated heterocycles. The Kier molecular flexibility index (Phi) is 6.56. The summed E-state index contributed by atoms with van der Waals surface area (Å²) in [4.78, 5) is 39.4. The molecule has 3 rings (SSSR count). The maximum absolute atomic E-state index is 13.5. The number of ether oxygens (including phenoxy) is 2. The summed E-state index contributed by atoms with van der Waals surface area (Å²) in [5.41, 5.74) is 0.150. The Morgan fingerprint density at radius 1 is 1.22 bits per heavy atom. The number of carbonyl (C=O) groups excluding carboxylic acids is 2. The zero-order valence-corrected chi connectivity index (χ0v) is 19.6. The van der Waals surface area contributed by atoms with Crippen LogP contribution in [0.4, 0.5) is 4.79 Å². The Morgan fingerprint density at radius 2 is 1.84 bits per heavy atom. The molecule has 32 heavy (non-hydrogen) atoms. The van der Waals surface area contributed by atoms with Gasteiger partial charge in [-0.25, -0.2) is 9.59 Å². The molecule has 0 spiro atoms. The van der Waals surface area contributed by atoms with E-state index < -0.39 is 41.8 Å². The summed E-state index contributed by atoms with van der Waals surface area (Å²) >= 11 is 0. The number of alkyl carbamates (subject to hydrolysis) is 1. The highest BCUT2D eigenvalue weighted by Crippen LogP contribution is 2.64. The first-order valence-electron chi connectivity index (χ1n) is 11.0. The zero-order chi connectivity index (χ0) is 23.8. The molecule has 1 aromatic rings. The smallest absolute Gasteiger partial charge is 0.408 e. The molecule has 2 fully saturated rings. The number of nitrogens with zero attached hydrogens (tertiary/aromatic N) is 1. The summed E-state index contributed by atoms with van der Waals surface area (Å²) < 4.78 is 11.2. The van der Waals surface area contributed by atoms with Crippen molar-refractivity contribution in [3.05, 3.63) is 35.9 Å². The third-order valence-electron chi connectivity index (χ3n) is 6.51. The maximum atomic E-state index is 13.5. The van der Waals surface area contributed by atoms with Gasteiger partial charge in [0.1, 0.15) is 18.7 Å². The van der Waals surface area contributed by atoms with Gasteiger partial charge in [-0.2, -0.15) is 0 Å². The van der Waals surface area contributed by atoms with E-state index in [1.54, 1.807) is 6.92 Å². The Hall–Kier alpha value is -2.61. The van der Waals surface area contributed by atoms with Gasteiger partial charge >= 0.3 is 12.1 Å². The van der Waals surface area contributed by atoms with Gasteiger partial charge in [0.25, 0.3) is 0 Å². The topological polar surface area (TPSA) is 105 Å². The summed E-state index contributed by atoms with van der Waals surface area (Å²) in [6, 6.07) is 7.23. The van der Waals surface area contributed by atoms with Crippen LogP contribution in [0.1, 0.15) is 47.1 Å². The van der Waals surface area contributed by atoms with Crippen LogP contribution >= 0.6 is 0 Å². The molecule has 1 aliphatic heterocycles. The van der Waals surface area contributed by atoms with Crippen LogP contribution in [0.25, 0.3) is 0 Å². The van der Waals surface area contributed by atoms with Crippen molar-refractivity contribution in [2.24, 2.45) is 17.3 Å². The second-order valence-electron chi connectivity index (χ2n) is 10.3. The number of likely N-dealkylation sites (tertiary alicyclic amines) is 1. The lowest BCUT2D eigenvalue weighted by Gasteiger charge is -2.35. The lowest BCUT2D eigenvalue weighted by Crippen LogP contribution is -2.58. The number of rotatable bonds is 7. The number of carboxylic acids is 1. The fraction of sp³-hybridized carbons (Fsp3) is 0.625. The van der Waals surface area contributed by atoms with Gasteiger partial charge in [0.2, 0.25) is 5.91 Å². The first-order chi connectivity index (χ1) is 14.8. The van der Waals surface area contributed by atoms with Crippen LogP contribution in [0.2, 0.25) is 0 Å². The quantitative estimate of drug-likeness (QED) is 0.667. The third-order valence-corrected chi connectivity index (χ3v) is 6.51. The average molecular weight is 447 g/mol. The van der Waals surface area contributed by atoms with E-state index in [0.29, 0.717) is 6.54 Å². The first kappa shape index (κ1) is 24.0. The lowest BCUT2D eigenvalue weighted by molar-refractivity contribution is -0.154. The van der Waals surface area contributed by atoms with Crippen LogP contribution in [0.5, 0.6) is 0 Å². The van der Waals surface area contributed by atoms with Crippen molar-refractivity contribution < 1.29 is 29.0 Å². The molecule has 1 aromatic carbocycles. The number of piperidine rings is 1. The highest BCUT2D eigenvalue weighted by Gasteiger charge is 2.70. The number of aliphatic carboxylic acids is 1. The first-order valence-corrected chi connectivity index (χ1v) is 11.0. The Labute approximate surface area is 189 Å². The standard InChI is InChI=1S/C24H34N2O6/c1-14(32-23(2,3)4)18(25-22(30)31-13-15-10-8-7-9-11-15)20(27)26-12-16-17(24(16,5)6)19(26)21(28)29/h7-11,14,16-19H,12-13H2,1-6H3,(H,25,30)(H,28,29)/t14?,16-,17-,18?,19-/m0/s1. The largest absolute Gasteiger partial charge is 0.480 e. The highest BCUT2D eigenvalue weighted by atomic mass is 16.6. The molecule has 1 heterocycles. The number of fused-ring (bicyclic) bond motifs is 1. The number of amides is 2. The van der Waals surface area contributed by atoms with E-state index in [-0.39, 0.29) is 23.9 Å². The molecule has 0 radical (unpaired) electrons. The molecule has 1 aliphatic carbocycles. The molecule has 2 N–H and O–H groups in total. The van der Waals surface area contributed by atoms with Gasteiger partial charge in [-0.05, 0) is 44.6 Å². The average Bonchev–Trinajstić information content (AvgIpc) is 3.03. The van der Waals surface area contributed by atoms with Crippen molar-refractivity contribution in [2.45, 2.75) is 71.9 Å². The molecule has 2 unspecified atom stereocenters. The highest BCUT2D eigenvalue weighted by molar-refractivity contribution is 5.91.